The van der Waals surface area contributed by atoms with E-state index < -0.39 is 0 Å². The molecule has 0 amide bonds. The second-order valence-corrected chi connectivity index (χ2v) is 4.50. The number of nitrogens with two attached hydrogens (primary N) is 1. The van der Waals surface area contributed by atoms with Crippen molar-refractivity contribution in [2.24, 2.45) is 5.84 Å². The van der Waals surface area contributed by atoms with Gasteiger partial charge in [-0.1, -0.05) is 0 Å². The first-order chi connectivity index (χ1) is 8.19. The molecule has 6 nitrogen and oxygen atoms in total. The number of likely N-dealkylation sites (N-methyl/N-ethyl adjacent to an activating group) is 1. The molecule has 0 radical (unpaired) electrons. The van der Waals surface area contributed by atoms with Crippen LogP contribution in [0.15, 0.2) is 6.07 Å². The van der Waals surface area contributed by atoms with E-state index in [0.717, 1.165) is 30.6 Å². The van der Waals surface area contributed by atoms with E-state index in [0.29, 0.717) is 5.95 Å². The minimum Gasteiger partial charge on any atom is -0.369 e. The molecule has 0 saturated heterocycles. The summed E-state index contributed by atoms with van der Waals surface area (Å²) in [6, 6.07) is 2.71. The zero-order valence-electron chi connectivity index (χ0n) is 10.4. The lowest BCUT2D eigenvalue weighted by molar-refractivity contribution is 0.337. The maximum Gasteiger partial charge on any atom is 0.239 e. The van der Waals surface area contributed by atoms with Crippen LogP contribution in [0.4, 0.5) is 11.8 Å². The quantitative estimate of drug-likeness (QED) is 0.495. The van der Waals surface area contributed by atoms with Crippen molar-refractivity contribution in [3.8, 4) is 0 Å². The van der Waals surface area contributed by atoms with Gasteiger partial charge in [0.15, 0.2) is 0 Å². The third-order valence-electron chi connectivity index (χ3n) is 2.92. The van der Waals surface area contributed by atoms with Gasteiger partial charge in [-0.25, -0.2) is 10.8 Å². The van der Waals surface area contributed by atoms with Crippen molar-refractivity contribution in [1.82, 2.24) is 14.9 Å². The first kappa shape index (κ1) is 12.1. The summed E-state index contributed by atoms with van der Waals surface area (Å²) in [6.45, 7) is 3.83. The van der Waals surface area contributed by atoms with E-state index in [-0.39, 0.29) is 0 Å². The number of nitrogens with one attached hydrogen (secondary N) is 2. The summed E-state index contributed by atoms with van der Waals surface area (Å²) < 4.78 is 0. The van der Waals surface area contributed by atoms with Crippen molar-refractivity contribution in [1.29, 1.82) is 0 Å². The SMILES string of the molecule is Cc1cc(NCCN(C)C2CC2)nc(NN)n1. The third kappa shape index (κ3) is 3.54. The van der Waals surface area contributed by atoms with Gasteiger partial charge in [0.2, 0.25) is 5.95 Å². The van der Waals surface area contributed by atoms with Crippen LogP contribution in [0.25, 0.3) is 0 Å². The summed E-state index contributed by atoms with van der Waals surface area (Å²) in [5.41, 5.74) is 3.36. The molecule has 4 N–H and O–H groups in total. The van der Waals surface area contributed by atoms with E-state index in [9.17, 15) is 0 Å². The molecule has 1 aliphatic carbocycles. The van der Waals surface area contributed by atoms with Crippen LogP contribution < -0.4 is 16.6 Å². The fourth-order valence-electron chi connectivity index (χ4n) is 1.78. The first-order valence-corrected chi connectivity index (χ1v) is 5.95. The van der Waals surface area contributed by atoms with Crippen LogP contribution in [-0.2, 0) is 0 Å². The molecule has 0 atom stereocenters. The van der Waals surface area contributed by atoms with Gasteiger partial charge in [-0.2, -0.15) is 4.98 Å². The Bertz CT molecular complexity index is 376. The number of hydrogen-bond donors (Lipinski definition) is 3. The Labute approximate surface area is 102 Å². The number of hydrazine groups is 1. The average molecular weight is 236 g/mol. The monoisotopic (exact) mass is 236 g/mol. The fraction of sp³-hybridized carbons (Fsp3) is 0.636. The van der Waals surface area contributed by atoms with E-state index in [1.165, 1.54) is 12.8 Å². The molecule has 1 aliphatic rings. The lowest BCUT2D eigenvalue weighted by atomic mass is 10.4. The number of anilines is 2. The molecule has 1 heterocycles. The van der Waals surface area contributed by atoms with Crippen molar-refractivity contribution in [3.05, 3.63) is 11.8 Å². The predicted molar refractivity (Wildman–Crippen MR) is 68.7 cm³/mol. The summed E-state index contributed by atoms with van der Waals surface area (Å²) >= 11 is 0. The molecular weight excluding hydrogens is 216 g/mol. The maximum atomic E-state index is 5.30. The molecule has 2 rings (SSSR count). The average Bonchev–Trinajstić information content (AvgIpc) is 3.12. The lowest BCUT2D eigenvalue weighted by Crippen LogP contribution is -2.27. The summed E-state index contributed by atoms with van der Waals surface area (Å²) in [6.07, 6.45) is 2.68. The predicted octanol–water partition coefficient (Wildman–Crippen LogP) is 0.577. The fourth-order valence-corrected chi connectivity index (χ4v) is 1.78. The van der Waals surface area contributed by atoms with Gasteiger partial charge < -0.3 is 10.2 Å². The largest absolute Gasteiger partial charge is 0.369 e. The summed E-state index contributed by atoms with van der Waals surface area (Å²) in [5, 5.41) is 3.29. The van der Waals surface area contributed by atoms with E-state index >= 15 is 0 Å². The maximum absolute atomic E-state index is 5.30. The van der Waals surface area contributed by atoms with Crippen LogP contribution >= 0.6 is 0 Å². The number of hydrogen-bond acceptors (Lipinski definition) is 6. The Kier molecular flexibility index (Phi) is 3.75. The van der Waals surface area contributed by atoms with E-state index in [1.54, 1.807) is 0 Å². The molecule has 0 unspecified atom stereocenters. The van der Waals surface area contributed by atoms with Crippen LogP contribution in [-0.4, -0.2) is 41.0 Å². The van der Waals surface area contributed by atoms with Crippen LogP contribution in [0.1, 0.15) is 18.5 Å². The van der Waals surface area contributed by atoms with Gasteiger partial charge >= 0.3 is 0 Å². The van der Waals surface area contributed by atoms with Crippen molar-refractivity contribution < 1.29 is 0 Å². The molecule has 0 spiro atoms. The number of aromatic nitrogens is 2. The summed E-state index contributed by atoms with van der Waals surface area (Å²) in [4.78, 5) is 10.7. The molecule has 0 aromatic carbocycles. The topological polar surface area (TPSA) is 79.1 Å². The van der Waals surface area contributed by atoms with Crippen molar-refractivity contribution in [2.45, 2.75) is 25.8 Å². The highest BCUT2D eigenvalue weighted by molar-refractivity contribution is 5.41. The molecule has 0 aliphatic heterocycles. The molecule has 0 bridgehead atoms. The minimum absolute atomic E-state index is 0.447. The highest BCUT2D eigenvalue weighted by atomic mass is 15.3. The van der Waals surface area contributed by atoms with Crippen LogP contribution in [0.3, 0.4) is 0 Å². The van der Waals surface area contributed by atoms with Gasteiger partial charge in [0.05, 0.1) is 0 Å². The standard InChI is InChI=1S/C11H20N6/c1-8-7-10(15-11(14-8)16-12)13-5-6-17(2)9-3-4-9/h7,9H,3-6,12H2,1-2H3,(H2,13,14,15,16). The lowest BCUT2D eigenvalue weighted by Gasteiger charge is -2.16. The Balaban J connectivity index is 1.83. The molecule has 17 heavy (non-hydrogen) atoms. The second kappa shape index (κ2) is 5.29. The number of aryl methyl sites for hydroxylation is 1. The van der Waals surface area contributed by atoms with Crippen LogP contribution in [0.5, 0.6) is 0 Å². The minimum atomic E-state index is 0.447. The van der Waals surface area contributed by atoms with Crippen molar-refractivity contribution in [2.75, 3.05) is 30.9 Å². The highest BCUT2D eigenvalue weighted by Crippen LogP contribution is 2.24. The molecular formula is C11H20N6. The van der Waals surface area contributed by atoms with Gasteiger partial charge in [-0.05, 0) is 26.8 Å². The van der Waals surface area contributed by atoms with E-state index in [4.69, 9.17) is 5.84 Å². The molecule has 1 fully saturated rings. The Morgan fingerprint density at radius 2 is 2.24 bits per heavy atom. The van der Waals surface area contributed by atoms with Gasteiger partial charge in [0.25, 0.3) is 0 Å². The molecule has 1 aromatic rings. The van der Waals surface area contributed by atoms with Crippen molar-refractivity contribution in [3.63, 3.8) is 0 Å². The second-order valence-electron chi connectivity index (χ2n) is 4.50. The highest BCUT2D eigenvalue weighted by Gasteiger charge is 2.25. The number of nitrogen functional groups attached to an aromatic ring is 1. The number of rotatable bonds is 6. The Hall–Kier alpha value is -1.40. The van der Waals surface area contributed by atoms with Gasteiger partial charge in [0, 0.05) is 30.9 Å². The zero-order chi connectivity index (χ0) is 12.3. The van der Waals surface area contributed by atoms with Crippen molar-refractivity contribution >= 4 is 11.8 Å². The zero-order valence-corrected chi connectivity index (χ0v) is 10.4. The van der Waals surface area contributed by atoms with E-state index in [1.807, 2.05) is 13.0 Å². The normalized spacial score (nSPS) is 15.1. The first-order valence-electron chi connectivity index (χ1n) is 5.95. The summed E-state index contributed by atoms with van der Waals surface area (Å²) in [7, 11) is 2.16. The van der Waals surface area contributed by atoms with E-state index in [2.05, 4.69) is 32.7 Å². The van der Waals surface area contributed by atoms with Gasteiger partial charge in [-0.3, -0.25) is 5.43 Å². The van der Waals surface area contributed by atoms with Crippen LogP contribution in [0, 0.1) is 6.92 Å². The molecule has 6 heteroatoms. The Morgan fingerprint density at radius 1 is 1.47 bits per heavy atom. The third-order valence-corrected chi connectivity index (χ3v) is 2.92. The molecule has 94 valence electrons. The Morgan fingerprint density at radius 3 is 2.88 bits per heavy atom. The summed E-state index contributed by atoms with van der Waals surface area (Å²) in [5.74, 6) is 6.56. The van der Waals surface area contributed by atoms with Gasteiger partial charge in [-0.15, -0.1) is 0 Å². The number of nitrogens with zero attached hydrogens (tertiary/aromatic N) is 3. The van der Waals surface area contributed by atoms with Crippen LogP contribution in [0.2, 0.25) is 0 Å². The smallest absolute Gasteiger partial charge is 0.239 e. The van der Waals surface area contributed by atoms with Gasteiger partial charge in [0.1, 0.15) is 5.82 Å². The molecule has 1 saturated carbocycles. The molecule has 1 aromatic heterocycles.